The van der Waals surface area contributed by atoms with E-state index in [4.69, 9.17) is 9.16 Å². The number of hydrogen-bond donors (Lipinski definition) is 0. The summed E-state index contributed by atoms with van der Waals surface area (Å²) in [5, 5.41) is 0.213. The van der Waals surface area contributed by atoms with E-state index in [2.05, 4.69) is 58.5 Å². The van der Waals surface area contributed by atoms with Crippen molar-refractivity contribution < 1.29 is 23.5 Å². The maximum atomic E-state index is 11.3. The third-order valence-corrected chi connectivity index (χ3v) is 10.9. The number of rotatable bonds is 11. The van der Waals surface area contributed by atoms with E-state index < -0.39 is 26.0 Å². The molecule has 1 aliphatic heterocycles. The van der Waals surface area contributed by atoms with Crippen LogP contribution in [0, 0.1) is 5.92 Å². The molecular weight excluding hydrogens is 396 g/mol. The van der Waals surface area contributed by atoms with Crippen molar-refractivity contribution in [2.45, 2.75) is 90.3 Å². The van der Waals surface area contributed by atoms with Crippen molar-refractivity contribution in [1.29, 1.82) is 0 Å². The van der Waals surface area contributed by atoms with Crippen molar-refractivity contribution in [3.63, 3.8) is 0 Å². The van der Waals surface area contributed by atoms with E-state index in [1.54, 1.807) is 6.08 Å². The first kappa shape index (κ1) is 26.5. The number of aldehydes is 1. The van der Waals surface area contributed by atoms with Crippen LogP contribution in [0.3, 0.4) is 0 Å². The predicted octanol–water partition coefficient (Wildman–Crippen LogP) is 5.38. The average Bonchev–Trinajstić information content (AvgIpc) is 3.36. The highest BCUT2D eigenvalue weighted by atomic mass is 28.4. The second-order valence-electron chi connectivity index (χ2n) is 9.80. The Kier molecular flexibility index (Phi) is 9.45. The van der Waals surface area contributed by atoms with Gasteiger partial charge in [-0.25, -0.2) is 4.79 Å². The van der Waals surface area contributed by atoms with E-state index in [1.807, 2.05) is 19.1 Å². The fraction of sp³-hybridized carbons (Fsp3) is 0.667. The molecule has 1 fully saturated rings. The normalized spacial score (nSPS) is 24.8. The lowest BCUT2D eigenvalue weighted by atomic mass is 9.99. The number of allylic oxidation sites excluding steroid dienone is 3. The zero-order valence-electron chi connectivity index (χ0n) is 20.2. The predicted molar refractivity (Wildman–Crippen MR) is 124 cm³/mol. The molecule has 170 valence electrons. The SMILES string of the molecule is COC(=O)/C=C/[C@]1(/C=C/C(C)=C/CC[C@H](C)[C@@H](C)O[Si](C)(C)C(C)(C)C)O[C@H]1C=O. The molecular formula is C24H40O5Si. The summed E-state index contributed by atoms with van der Waals surface area (Å²) in [7, 11) is -0.444. The molecule has 1 rings (SSSR count). The fourth-order valence-corrected chi connectivity index (χ4v) is 4.32. The maximum absolute atomic E-state index is 11.3. The summed E-state index contributed by atoms with van der Waals surface area (Å²) in [6.45, 7) is 17.8. The largest absolute Gasteiger partial charge is 0.466 e. The van der Waals surface area contributed by atoms with Crippen molar-refractivity contribution in [3.8, 4) is 0 Å². The van der Waals surface area contributed by atoms with Gasteiger partial charge in [-0.1, -0.05) is 45.4 Å². The Labute approximate surface area is 183 Å². The number of ether oxygens (including phenoxy) is 2. The molecule has 0 aromatic carbocycles. The van der Waals surface area contributed by atoms with Gasteiger partial charge in [0.2, 0.25) is 0 Å². The zero-order chi connectivity index (χ0) is 23.2. The van der Waals surface area contributed by atoms with Gasteiger partial charge in [-0.15, -0.1) is 0 Å². The van der Waals surface area contributed by atoms with Crippen LogP contribution in [-0.2, 0) is 23.5 Å². The van der Waals surface area contributed by atoms with Crippen LogP contribution in [0.2, 0.25) is 18.1 Å². The average molecular weight is 437 g/mol. The summed E-state index contributed by atoms with van der Waals surface area (Å²) < 4.78 is 16.6. The first-order chi connectivity index (χ1) is 13.8. The zero-order valence-corrected chi connectivity index (χ0v) is 21.2. The third kappa shape index (κ3) is 7.64. The molecule has 0 radical (unpaired) electrons. The summed E-state index contributed by atoms with van der Waals surface area (Å²) >= 11 is 0. The Morgan fingerprint density at radius 3 is 2.30 bits per heavy atom. The van der Waals surface area contributed by atoms with Crippen LogP contribution < -0.4 is 0 Å². The van der Waals surface area contributed by atoms with Gasteiger partial charge in [0.05, 0.1) is 7.11 Å². The van der Waals surface area contributed by atoms with Gasteiger partial charge in [-0.3, -0.25) is 0 Å². The fourth-order valence-electron chi connectivity index (χ4n) is 2.81. The quantitative estimate of drug-likeness (QED) is 0.109. The van der Waals surface area contributed by atoms with Gasteiger partial charge in [0.15, 0.2) is 20.7 Å². The van der Waals surface area contributed by atoms with Crippen molar-refractivity contribution in [2.24, 2.45) is 5.92 Å². The first-order valence-corrected chi connectivity index (χ1v) is 13.6. The number of carbonyl (C=O) groups excluding carboxylic acids is 2. The molecule has 1 heterocycles. The minimum atomic E-state index is -1.76. The maximum Gasteiger partial charge on any atom is 0.330 e. The lowest BCUT2D eigenvalue weighted by Gasteiger charge is -2.40. The monoisotopic (exact) mass is 436 g/mol. The molecule has 0 aromatic heterocycles. The molecule has 4 atom stereocenters. The van der Waals surface area contributed by atoms with Crippen LogP contribution in [0.25, 0.3) is 0 Å². The van der Waals surface area contributed by atoms with Crippen molar-refractivity contribution >= 4 is 20.6 Å². The molecule has 0 aromatic rings. The second-order valence-corrected chi connectivity index (χ2v) is 14.6. The Hall–Kier alpha value is -1.50. The molecule has 0 spiro atoms. The van der Waals surface area contributed by atoms with Crippen LogP contribution >= 0.6 is 0 Å². The number of esters is 1. The molecule has 0 saturated carbocycles. The van der Waals surface area contributed by atoms with Gasteiger partial charge in [-0.05, 0) is 62.9 Å². The lowest BCUT2D eigenvalue weighted by molar-refractivity contribution is -0.134. The van der Waals surface area contributed by atoms with Gasteiger partial charge in [0.25, 0.3) is 0 Å². The van der Waals surface area contributed by atoms with E-state index in [1.165, 1.54) is 13.2 Å². The molecule has 5 nitrogen and oxygen atoms in total. The van der Waals surface area contributed by atoms with Crippen LogP contribution in [-0.4, -0.2) is 45.5 Å². The Morgan fingerprint density at radius 1 is 1.20 bits per heavy atom. The summed E-state index contributed by atoms with van der Waals surface area (Å²) in [6.07, 6.45) is 11.2. The summed E-state index contributed by atoms with van der Waals surface area (Å²) in [4.78, 5) is 22.4. The van der Waals surface area contributed by atoms with E-state index in [0.29, 0.717) is 5.92 Å². The van der Waals surface area contributed by atoms with E-state index >= 15 is 0 Å². The highest BCUT2D eigenvalue weighted by Crippen LogP contribution is 2.39. The van der Waals surface area contributed by atoms with Crippen molar-refractivity contribution in [1.82, 2.24) is 0 Å². The molecule has 0 unspecified atom stereocenters. The number of epoxide rings is 1. The first-order valence-electron chi connectivity index (χ1n) is 10.7. The van der Waals surface area contributed by atoms with Crippen LogP contribution in [0.4, 0.5) is 0 Å². The Bertz CT molecular complexity index is 686. The summed E-state index contributed by atoms with van der Waals surface area (Å²) in [5.41, 5.74) is 0.246. The molecule has 1 aliphatic rings. The summed E-state index contributed by atoms with van der Waals surface area (Å²) in [6, 6.07) is 0. The van der Waals surface area contributed by atoms with Crippen molar-refractivity contribution in [3.05, 3.63) is 36.0 Å². The smallest absolute Gasteiger partial charge is 0.330 e. The van der Waals surface area contributed by atoms with E-state index in [0.717, 1.165) is 24.7 Å². The molecule has 0 amide bonds. The van der Waals surface area contributed by atoms with Gasteiger partial charge >= 0.3 is 5.97 Å². The summed E-state index contributed by atoms with van der Waals surface area (Å²) in [5.74, 6) is -0.00842. The molecule has 0 aliphatic carbocycles. The van der Waals surface area contributed by atoms with Crippen LogP contribution in [0.1, 0.15) is 54.4 Å². The Morgan fingerprint density at radius 2 is 1.80 bits per heavy atom. The molecule has 0 N–H and O–H groups in total. The highest BCUT2D eigenvalue weighted by molar-refractivity contribution is 6.74. The number of hydrogen-bond acceptors (Lipinski definition) is 5. The van der Waals surface area contributed by atoms with Gasteiger partial charge in [0.1, 0.15) is 5.60 Å². The second kappa shape index (κ2) is 10.7. The van der Waals surface area contributed by atoms with Gasteiger partial charge < -0.3 is 18.7 Å². The molecule has 0 bridgehead atoms. The number of methoxy groups -OCH3 is 1. The molecule has 30 heavy (non-hydrogen) atoms. The Balaban J connectivity index is 2.61. The minimum Gasteiger partial charge on any atom is -0.466 e. The number of carbonyl (C=O) groups is 2. The van der Waals surface area contributed by atoms with Crippen molar-refractivity contribution in [2.75, 3.05) is 7.11 Å². The van der Waals surface area contributed by atoms with Gasteiger partial charge in [-0.2, -0.15) is 0 Å². The van der Waals surface area contributed by atoms with E-state index in [-0.39, 0.29) is 11.1 Å². The topological polar surface area (TPSA) is 65.1 Å². The van der Waals surface area contributed by atoms with Gasteiger partial charge in [0, 0.05) is 12.2 Å². The van der Waals surface area contributed by atoms with E-state index in [9.17, 15) is 9.59 Å². The minimum absolute atomic E-state index is 0.213. The third-order valence-electron chi connectivity index (χ3n) is 6.31. The van der Waals surface area contributed by atoms with Crippen LogP contribution in [0.15, 0.2) is 36.0 Å². The highest BCUT2D eigenvalue weighted by Gasteiger charge is 2.52. The lowest BCUT2D eigenvalue weighted by Crippen LogP contribution is -2.44. The molecule has 1 saturated heterocycles. The molecule has 6 heteroatoms. The van der Waals surface area contributed by atoms with Crippen LogP contribution in [0.5, 0.6) is 0 Å². The standard InChI is InChI=1S/C24H40O5Si/c1-18(13-15-24(21(17-25)28-24)16-14-22(26)27-7)11-10-12-19(2)20(3)29-30(8,9)23(4,5)6/h11,13-17,19-21H,10,12H2,1-9H3/b15-13+,16-14+,18-11+/t19-,20+,21-,24-/m0/s1.